The molecule has 1 fully saturated rings. The Hall–Kier alpha value is -1.41. The predicted octanol–water partition coefficient (Wildman–Crippen LogP) is 1.57. The lowest BCUT2D eigenvalue weighted by atomic mass is 10.1. The lowest BCUT2D eigenvalue weighted by Crippen LogP contribution is -2.49. The van der Waals surface area contributed by atoms with Gasteiger partial charge in [0.05, 0.1) is 21.7 Å². The van der Waals surface area contributed by atoms with Crippen LogP contribution in [0.4, 0.5) is 13.2 Å². The minimum absolute atomic E-state index is 0.126. The summed E-state index contributed by atoms with van der Waals surface area (Å²) in [6, 6.07) is 1.79. The molecule has 30 heavy (non-hydrogen) atoms. The highest BCUT2D eigenvalue weighted by atomic mass is 35.5. The molecule has 1 aromatic carbocycles. The molecule has 1 aliphatic rings. The highest BCUT2D eigenvalue weighted by molar-refractivity contribution is 7.89. The normalized spacial score (nSPS) is 18.9. The van der Waals surface area contributed by atoms with Crippen LogP contribution in [0.15, 0.2) is 23.1 Å². The second-order valence-corrected chi connectivity index (χ2v) is 11.0. The zero-order valence-electron chi connectivity index (χ0n) is 15.9. The van der Waals surface area contributed by atoms with Gasteiger partial charge in [-0.3, -0.25) is 4.79 Å². The molecule has 14 heteroatoms. The number of amides is 1. The second-order valence-electron chi connectivity index (χ2n) is 6.81. The third-order valence-corrected chi connectivity index (χ3v) is 7.47. The summed E-state index contributed by atoms with van der Waals surface area (Å²) in [5.74, 6) is -0.509. The van der Waals surface area contributed by atoms with Crippen LogP contribution in [0.1, 0.15) is 24.8 Å². The lowest BCUT2D eigenvalue weighted by Gasteiger charge is -2.31. The van der Waals surface area contributed by atoms with Gasteiger partial charge in [-0.25, -0.2) is 25.9 Å². The molecule has 0 aliphatic carbocycles. The van der Waals surface area contributed by atoms with Gasteiger partial charge in [0.15, 0.2) is 0 Å². The van der Waals surface area contributed by atoms with E-state index in [1.165, 1.54) is 4.31 Å². The number of carbonyl (C=O) groups is 1. The molecule has 1 aliphatic heterocycles. The molecule has 0 saturated carbocycles. The molecular weight excluding hydrogens is 471 g/mol. The van der Waals surface area contributed by atoms with Crippen molar-refractivity contribution in [2.75, 3.05) is 25.9 Å². The first-order valence-electron chi connectivity index (χ1n) is 8.81. The minimum atomic E-state index is -4.82. The van der Waals surface area contributed by atoms with Crippen molar-refractivity contribution in [2.45, 2.75) is 36.4 Å². The average Bonchev–Trinajstić information content (AvgIpc) is 2.60. The maximum absolute atomic E-state index is 12.9. The number of piperidine rings is 1. The summed E-state index contributed by atoms with van der Waals surface area (Å²) in [6.45, 7) is 0.147. The first-order valence-corrected chi connectivity index (χ1v) is 12.5. The summed E-state index contributed by atoms with van der Waals surface area (Å²) in [5.41, 5.74) is -1.28. The van der Waals surface area contributed by atoms with E-state index in [1.807, 2.05) is 0 Å². The number of sulfonamides is 2. The van der Waals surface area contributed by atoms with Crippen LogP contribution in [0, 0.1) is 0 Å². The Labute approximate surface area is 177 Å². The van der Waals surface area contributed by atoms with Crippen molar-refractivity contribution in [3.05, 3.63) is 28.8 Å². The van der Waals surface area contributed by atoms with Crippen LogP contribution in [0.3, 0.4) is 0 Å². The number of nitrogens with one attached hydrogen (secondary N) is 2. The van der Waals surface area contributed by atoms with Gasteiger partial charge in [-0.05, 0) is 31.0 Å². The molecular formula is C16H21ClF3N3O5S2. The molecule has 1 atom stereocenters. The standard InChI is InChI=1S/C16H21ClF3N3O5S2/c1-29(25,26)23-8-2-3-11(10-23)22-15(24)6-7-21-30(27,28)12-4-5-14(17)13(9-12)16(18,19)20/h4-5,9,11,21H,2-3,6-8,10H2,1H3,(H,22,24). The van der Waals surface area contributed by atoms with E-state index in [-0.39, 0.29) is 19.5 Å². The Morgan fingerprint density at radius 3 is 2.53 bits per heavy atom. The van der Waals surface area contributed by atoms with Crippen molar-refractivity contribution in [3.8, 4) is 0 Å². The summed E-state index contributed by atoms with van der Waals surface area (Å²) < 4.78 is 89.7. The summed E-state index contributed by atoms with van der Waals surface area (Å²) in [4.78, 5) is 11.4. The Morgan fingerprint density at radius 2 is 1.93 bits per heavy atom. The summed E-state index contributed by atoms with van der Waals surface area (Å²) in [7, 11) is -7.67. The van der Waals surface area contributed by atoms with E-state index in [1.54, 1.807) is 0 Å². The molecule has 2 N–H and O–H groups in total. The molecule has 1 saturated heterocycles. The molecule has 0 spiro atoms. The number of hydrogen-bond donors (Lipinski definition) is 2. The first-order chi connectivity index (χ1) is 13.7. The van der Waals surface area contributed by atoms with Crippen molar-refractivity contribution in [1.82, 2.24) is 14.3 Å². The fraction of sp³-hybridized carbons (Fsp3) is 0.562. The highest BCUT2D eigenvalue weighted by Gasteiger charge is 2.34. The van der Waals surface area contributed by atoms with Crippen molar-refractivity contribution < 1.29 is 34.8 Å². The zero-order chi connectivity index (χ0) is 22.7. The van der Waals surface area contributed by atoms with E-state index in [4.69, 9.17) is 11.6 Å². The van der Waals surface area contributed by atoms with Crippen molar-refractivity contribution in [3.63, 3.8) is 0 Å². The maximum Gasteiger partial charge on any atom is 0.417 e. The quantitative estimate of drug-likeness (QED) is 0.601. The third-order valence-electron chi connectivity index (χ3n) is 4.42. The monoisotopic (exact) mass is 491 g/mol. The summed E-state index contributed by atoms with van der Waals surface area (Å²) in [6.07, 6.45) is -2.86. The maximum atomic E-state index is 12.9. The summed E-state index contributed by atoms with van der Waals surface area (Å²) in [5, 5.41) is 2.01. The molecule has 0 aromatic heterocycles. The Bertz CT molecular complexity index is 1000. The SMILES string of the molecule is CS(=O)(=O)N1CCCC(NC(=O)CCNS(=O)(=O)c2ccc(Cl)c(C(F)(F)F)c2)C1. The lowest BCUT2D eigenvalue weighted by molar-refractivity contribution is -0.137. The largest absolute Gasteiger partial charge is 0.417 e. The molecule has 8 nitrogen and oxygen atoms in total. The van der Waals surface area contributed by atoms with E-state index in [0.717, 1.165) is 18.4 Å². The van der Waals surface area contributed by atoms with Crippen LogP contribution < -0.4 is 10.0 Å². The molecule has 1 amide bonds. The van der Waals surface area contributed by atoms with Crippen molar-refractivity contribution in [1.29, 1.82) is 0 Å². The van der Waals surface area contributed by atoms with Gasteiger partial charge in [-0.1, -0.05) is 11.6 Å². The van der Waals surface area contributed by atoms with Gasteiger partial charge in [0.25, 0.3) is 0 Å². The number of carbonyl (C=O) groups excluding carboxylic acids is 1. The smallest absolute Gasteiger partial charge is 0.352 e. The van der Waals surface area contributed by atoms with Crippen molar-refractivity contribution in [2.24, 2.45) is 0 Å². The molecule has 170 valence electrons. The molecule has 0 bridgehead atoms. The molecule has 0 radical (unpaired) electrons. The van der Waals surface area contributed by atoms with Gasteiger partial charge in [-0.2, -0.15) is 13.2 Å². The highest BCUT2D eigenvalue weighted by Crippen LogP contribution is 2.35. The van der Waals surface area contributed by atoms with Crippen LogP contribution >= 0.6 is 11.6 Å². The number of nitrogens with zero attached hydrogens (tertiary/aromatic N) is 1. The van der Waals surface area contributed by atoms with Gasteiger partial charge >= 0.3 is 6.18 Å². The van der Waals surface area contributed by atoms with E-state index >= 15 is 0 Å². The topological polar surface area (TPSA) is 113 Å². The number of alkyl halides is 3. The van der Waals surface area contributed by atoms with Crippen molar-refractivity contribution >= 4 is 37.6 Å². The fourth-order valence-electron chi connectivity index (χ4n) is 2.93. The fourth-order valence-corrected chi connectivity index (χ4v) is 5.13. The third kappa shape index (κ3) is 6.80. The van der Waals surface area contributed by atoms with Crippen LogP contribution in [-0.4, -0.2) is 59.0 Å². The number of hydrogen-bond acceptors (Lipinski definition) is 5. The van der Waals surface area contributed by atoms with Crippen LogP contribution in [-0.2, 0) is 31.0 Å². The van der Waals surface area contributed by atoms with E-state index in [0.29, 0.717) is 25.5 Å². The second kappa shape index (κ2) is 9.39. The van der Waals surface area contributed by atoms with Gasteiger partial charge < -0.3 is 5.32 Å². The number of rotatable bonds is 7. The van der Waals surface area contributed by atoms with Crippen LogP contribution in [0.5, 0.6) is 0 Å². The average molecular weight is 492 g/mol. The van der Waals surface area contributed by atoms with Gasteiger partial charge in [0, 0.05) is 32.1 Å². The number of benzene rings is 1. The molecule has 2 rings (SSSR count). The van der Waals surface area contributed by atoms with Gasteiger partial charge in [0.2, 0.25) is 26.0 Å². The molecule has 1 unspecified atom stereocenters. The molecule has 1 heterocycles. The minimum Gasteiger partial charge on any atom is -0.352 e. The Kier molecular flexibility index (Phi) is 7.78. The number of halogens is 4. The predicted molar refractivity (Wildman–Crippen MR) is 104 cm³/mol. The van der Waals surface area contributed by atoms with Crippen LogP contribution in [0.25, 0.3) is 0 Å². The zero-order valence-corrected chi connectivity index (χ0v) is 18.3. The Morgan fingerprint density at radius 1 is 1.27 bits per heavy atom. The molecule has 1 aromatic rings. The van der Waals surface area contributed by atoms with Gasteiger partial charge in [-0.15, -0.1) is 0 Å². The van der Waals surface area contributed by atoms with Gasteiger partial charge in [0.1, 0.15) is 0 Å². The van der Waals surface area contributed by atoms with E-state index in [2.05, 4.69) is 10.0 Å². The Balaban J connectivity index is 1.92. The van der Waals surface area contributed by atoms with Crippen LogP contribution in [0.2, 0.25) is 5.02 Å². The van der Waals surface area contributed by atoms with E-state index < -0.39 is 53.7 Å². The summed E-state index contributed by atoms with van der Waals surface area (Å²) >= 11 is 5.48. The first kappa shape index (κ1) is 24.9. The van der Waals surface area contributed by atoms with E-state index in [9.17, 15) is 34.8 Å².